The Morgan fingerprint density at radius 1 is 1.04 bits per heavy atom. The van der Waals surface area contributed by atoms with E-state index in [-0.39, 0.29) is 15.7 Å². The van der Waals surface area contributed by atoms with Gasteiger partial charge in [0.05, 0.1) is 5.02 Å². The van der Waals surface area contributed by atoms with Gasteiger partial charge in [0.25, 0.3) is 10.0 Å². The number of sulfonamides is 1. The Labute approximate surface area is 158 Å². The maximum absolute atomic E-state index is 12.4. The third-order valence-corrected chi connectivity index (χ3v) is 6.02. The lowest BCUT2D eigenvalue weighted by molar-refractivity contribution is 0.601. The van der Waals surface area contributed by atoms with Gasteiger partial charge in [-0.05, 0) is 56.4 Å². The van der Waals surface area contributed by atoms with Crippen LogP contribution in [-0.2, 0) is 10.0 Å². The highest BCUT2D eigenvalue weighted by atomic mass is 35.5. The van der Waals surface area contributed by atoms with Gasteiger partial charge in [0.15, 0.2) is 5.82 Å². The molecule has 2 aromatic rings. The minimum atomic E-state index is -3.80. The third-order valence-electron chi connectivity index (χ3n) is 4.17. The molecule has 1 aliphatic rings. The number of nitrogens with zero attached hydrogens (tertiary/aromatic N) is 2. The van der Waals surface area contributed by atoms with Gasteiger partial charge in [0.1, 0.15) is 10.7 Å². The molecule has 138 valence electrons. The first-order chi connectivity index (χ1) is 12.5. The molecule has 0 amide bonds. The second kappa shape index (κ2) is 8.51. The van der Waals surface area contributed by atoms with Gasteiger partial charge >= 0.3 is 0 Å². The highest BCUT2D eigenvalue weighted by Crippen LogP contribution is 2.23. The van der Waals surface area contributed by atoms with E-state index >= 15 is 0 Å². The average molecular weight is 393 g/mol. The van der Waals surface area contributed by atoms with Crippen LogP contribution in [-0.4, -0.2) is 25.2 Å². The van der Waals surface area contributed by atoms with Crippen molar-refractivity contribution in [2.24, 2.45) is 0 Å². The monoisotopic (exact) mass is 392 g/mol. The zero-order valence-corrected chi connectivity index (χ0v) is 15.9. The quantitative estimate of drug-likeness (QED) is 0.688. The summed E-state index contributed by atoms with van der Waals surface area (Å²) in [5.74, 6) is 0.757. The standard InChI is InChI=1S/C18H21ClN4O2S/c19-15-8-4-5-9-16(15)26(24,25)23-18-11-10-17(21-22-18)20-13-12-14-6-2-1-3-7-14/h4-6,8-11H,1-3,7,12-13H2,(H,20,21)(H,22,23). The van der Waals surface area contributed by atoms with E-state index in [2.05, 4.69) is 26.3 Å². The highest BCUT2D eigenvalue weighted by Gasteiger charge is 2.18. The molecule has 0 unspecified atom stereocenters. The summed E-state index contributed by atoms with van der Waals surface area (Å²) in [5.41, 5.74) is 1.49. The minimum Gasteiger partial charge on any atom is -0.368 e. The molecule has 6 nitrogen and oxygen atoms in total. The second-order valence-electron chi connectivity index (χ2n) is 6.12. The van der Waals surface area contributed by atoms with E-state index < -0.39 is 10.0 Å². The van der Waals surface area contributed by atoms with Crippen LogP contribution >= 0.6 is 11.6 Å². The van der Waals surface area contributed by atoms with Gasteiger partial charge in [-0.25, -0.2) is 8.42 Å². The molecule has 0 spiro atoms. The van der Waals surface area contributed by atoms with Crippen LogP contribution in [0.3, 0.4) is 0 Å². The average Bonchev–Trinajstić information content (AvgIpc) is 2.64. The Hall–Kier alpha value is -2.12. The molecule has 0 aliphatic heterocycles. The van der Waals surface area contributed by atoms with Crippen molar-refractivity contribution in [3.05, 3.63) is 53.1 Å². The predicted octanol–water partition coefficient (Wildman–Crippen LogP) is 4.23. The number of aromatic nitrogens is 2. The van der Waals surface area contributed by atoms with Crippen molar-refractivity contribution in [3.8, 4) is 0 Å². The fourth-order valence-electron chi connectivity index (χ4n) is 2.82. The minimum absolute atomic E-state index is 0.00595. The Kier molecular flexibility index (Phi) is 6.11. The molecule has 1 aromatic heterocycles. The summed E-state index contributed by atoms with van der Waals surface area (Å²) in [6.45, 7) is 0.783. The maximum Gasteiger partial charge on any atom is 0.264 e. The summed E-state index contributed by atoms with van der Waals surface area (Å²) in [6.07, 6.45) is 8.22. The van der Waals surface area contributed by atoms with Crippen LogP contribution in [0.4, 0.5) is 11.6 Å². The van der Waals surface area contributed by atoms with Gasteiger partial charge in [-0.2, -0.15) is 0 Å². The molecular formula is C18H21ClN4O2S. The number of rotatable bonds is 7. The Morgan fingerprint density at radius 2 is 1.81 bits per heavy atom. The normalized spacial score (nSPS) is 14.6. The zero-order valence-electron chi connectivity index (χ0n) is 14.3. The molecule has 1 aliphatic carbocycles. The summed E-state index contributed by atoms with van der Waals surface area (Å²) < 4.78 is 27.1. The zero-order chi connectivity index (χ0) is 18.4. The van der Waals surface area contributed by atoms with Gasteiger partial charge in [-0.3, -0.25) is 4.72 Å². The van der Waals surface area contributed by atoms with Crippen molar-refractivity contribution in [3.63, 3.8) is 0 Å². The van der Waals surface area contributed by atoms with E-state index in [4.69, 9.17) is 11.6 Å². The summed E-state index contributed by atoms with van der Waals surface area (Å²) in [7, 11) is -3.80. The number of hydrogen-bond acceptors (Lipinski definition) is 5. The van der Waals surface area contributed by atoms with E-state index in [0.717, 1.165) is 13.0 Å². The van der Waals surface area contributed by atoms with Crippen molar-refractivity contribution in [1.29, 1.82) is 0 Å². The molecule has 3 rings (SSSR count). The number of nitrogens with one attached hydrogen (secondary N) is 2. The molecule has 0 atom stereocenters. The fraction of sp³-hybridized carbons (Fsp3) is 0.333. The topological polar surface area (TPSA) is 84.0 Å². The number of allylic oxidation sites excluding steroid dienone is 1. The van der Waals surface area contributed by atoms with E-state index in [1.807, 2.05) is 0 Å². The molecule has 1 aromatic carbocycles. The Morgan fingerprint density at radius 3 is 2.50 bits per heavy atom. The van der Waals surface area contributed by atoms with Gasteiger partial charge in [0, 0.05) is 6.54 Å². The lowest BCUT2D eigenvalue weighted by Crippen LogP contribution is -2.15. The summed E-state index contributed by atoms with van der Waals surface area (Å²) in [5, 5.41) is 11.3. The second-order valence-corrected chi connectivity index (χ2v) is 8.18. The van der Waals surface area contributed by atoms with Gasteiger partial charge in [-0.15, -0.1) is 10.2 Å². The molecule has 0 bridgehead atoms. The van der Waals surface area contributed by atoms with Crippen molar-refractivity contribution < 1.29 is 8.42 Å². The number of anilines is 2. The first-order valence-corrected chi connectivity index (χ1v) is 10.4. The first-order valence-electron chi connectivity index (χ1n) is 8.57. The van der Waals surface area contributed by atoms with Gasteiger partial charge in [-0.1, -0.05) is 35.4 Å². The molecule has 0 fully saturated rings. The fourth-order valence-corrected chi connectivity index (χ4v) is 4.34. The molecule has 26 heavy (non-hydrogen) atoms. The van der Waals surface area contributed by atoms with Crippen molar-refractivity contribution in [2.75, 3.05) is 16.6 Å². The smallest absolute Gasteiger partial charge is 0.264 e. The summed E-state index contributed by atoms with van der Waals surface area (Å²) in [6, 6.07) is 9.52. The number of hydrogen-bond donors (Lipinski definition) is 2. The van der Waals surface area contributed by atoms with Gasteiger partial charge < -0.3 is 5.32 Å². The maximum atomic E-state index is 12.4. The van der Waals surface area contributed by atoms with Crippen LogP contribution in [0.5, 0.6) is 0 Å². The first kappa shape index (κ1) is 18.7. The van der Waals surface area contributed by atoms with Crippen molar-refractivity contribution in [1.82, 2.24) is 10.2 Å². The predicted molar refractivity (Wildman–Crippen MR) is 104 cm³/mol. The lowest BCUT2D eigenvalue weighted by atomic mass is 9.97. The molecule has 0 saturated carbocycles. The van der Waals surface area contributed by atoms with Crippen LogP contribution in [0.15, 0.2) is 52.9 Å². The van der Waals surface area contributed by atoms with Gasteiger partial charge in [0.2, 0.25) is 0 Å². The molecule has 0 radical (unpaired) electrons. The van der Waals surface area contributed by atoms with Crippen LogP contribution in [0, 0.1) is 0 Å². The molecule has 1 heterocycles. The van der Waals surface area contributed by atoms with E-state index in [0.29, 0.717) is 5.82 Å². The molecule has 0 saturated heterocycles. The van der Waals surface area contributed by atoms with Crippen molar-refractivity contribution >= 4 is 33.3 Å². The van der Waals surface area contributed by atoms with Crippen LogP contribution < -0.4 is 10.0 Å². The Balaban J connectivity index is 1.57. The van der Waals surface area contributed by atoms with Crippen LogP contribution in [0.1, 0.15) is 32.1 Å². The molecular weight excluding hydrogens is 372 g/mol. The SMILES string of the molecule is O=S(=O)(Nc1ccc(NCCC2=CCCCC2)nn1)c1ccccc1Cl. The van der Waals surface area contributed by atoms with Crippen LogP contribution in [0.2, 0.25) is 5.02 Å². The van der Waals surface area contributed by atoms with Crippen LogP contribution in [0.25, 0.3) is 0 Å². The third kappa shape index (κ3) is 4.95. The van der Waals surface area contributed by atoms with E-state index in [9.17, 15) is 8.42 Å². The lowest BCUT2D eigenvalue weighted by Gasteiger charge is -2.13. The summed E-state index contributed by atoms with van der Waals surface area (Å²) in [4.78, 5) is 0.00595. The Bertz CT molecular complexity index is 882. The number of halogens is 1. The highest BCUT2D eigenvalue weighted by molar-refractivity contribution is 7.92. The molecule has 2 N–H and O–H groups in total. The van der Waals surface area contributed by atoms with E-state index in [1.165, 1.54) is 43.4 Å². The molecule has 8 heteroatoms. The largest absolute Gasteiger partial charge is 0.368 e. The summed E-state index contributed by atoms with van der Waals surface area (Å²) >= 11 is 5.95. The number of benzene rings is 1. The van der Waals surface area contributed by atoms with Crippen molar-refractivity contribution in [2.45, 2.75) is 37.0 Å². The van der Waals surface area contributed by atoms with E-state index in [1.54, 1.807) is 24.3 Å².